The van der Waals surface area contributed by atoms with Gasteiger partial charge in [0.2, 0.25) is 17.7 Å². The van der Waals surface area contributed by atoms with Gasteiger partial charge in [-0.05, 0) is 42.5 Å². The van der Waals surface area contributed by atoms with Crippen molar-refractivity contribution in [2.45, 2.75) is 6.42 Å². The zero-order valence-corrected chi connectivity index (χ0v) is 13.8. The van der Waals surface area contributed by atoms with E-state index in [1.165, 1.54) is 0 Å². The first-order valence-corrected chi connectivity index (χ1v) is 8.43. The molecule has 4 atom stereocenters. The van der Waals surface area contributed by atoms with Crippen LogP contribution in [-0.4, -0.2) is 29.2 Å². The Morgan fingerprint density at radius 1 is 1.09 bits per heavy atom. The fraction of sp³-hybridized carbons (Fsp3) is 0.353. The second kappa shape index (κ2) is 5.30. The molecular formula is C17H15BrN2O3. The third-order valence-electron chi connectivity index (χ3n) is 4.99. The van der Waals surface area contributed by atoms with Gasteiger partial charge in [-0.3, -0.25) is 19.3 Å². The van der Waals surface area contributed by atoms with Gasteiger partial charge in [-0.15, -0.1) is 0 Å². The number of carbonyl (C=O) groups is 3. The smallest absolute Gasteiger partial charge is 0.244 e. The minimum atomic E-state index is -0.352. The number of amides is 3. The monoisotopic (exact) mass is 374 g/mol. The molecule has 4 rings (SSSR count). The number of benzene rings is 1. The van der Waals surface area contributed by atoms with E-state index in [9.17, 15) is 14.4 Å². The molecule has 23 heavy (non-hydrogen) atoms. The van der Waals surface area contributed by atoms with E-state index in [1.807, 2.05) is 24.3 Å². The summed E-state index contributed by atoms with van der Waals surface area (Å²) < 4.78 is 0.913. The standard InChI is InChI=1S/C17H15BrN2O3/c18-11-3-5-12(6-4-11)19-13(21)8-20-16(22)14-9-1-2-10(7-9)15(14)17(20)23/h1-6,9-10,14-15H,7-8H2,(H,19,21)/t9-,10-,14-,15+/m0/s1. The number of halogens is 1. The fourth-order valence-electron chi connectivity index (χ4n) is 4.00. The Bertz CT molecular complexity index is 698. The van der Waals surface area contributed by atoms with Gasteiger partial charge in [-0.25, -0.2) is 0 Å². The molecule has 1 aromatic carbocycles. The third-order valence-corrected chi connectivity index (χ3v) is 5.52. The number of allylic oxidation sites excluding steroid dienone is 2. The summed E-state index contributed by atoms with van der Waals surface area (Å²) in [6.45, 7) is -0.208. The number of anilines is 1. The van der Waals surface area contributed by atoms with Gasteiger partial charge >= 0.3 is 0 Å². The minimum absolute atomic E-state index is 0.168. The van der Waals surface area contributed by atoms with E-state index in [0.29, 0.717) is 5.69 Å². The molecule has 5 nitrogen and oxygen atoms in total. The molecule has 1 heterocycles. The van der Waals surface area contributed by atoms with Crippen molar-refractivity contribution in [3.63, 3.8) is 0 Å². The van der Waals surface area contributed by atoms with Gasteiger partial charge in [0.1, 0.15) is 6.54 Å². The van der Waals surface area contributed by atoms with E-state index in [2.05, 4.69) is 21.2 Å². The fourth-order valence-corrected chi connectivity index (χ4v) is 4.26. The third kappa shape index (κ3) is 2.32. The molecule has 1 aliphatic heterocycles. The highest BCUT2D eigenvalue weighted by Gasteiger charge is 2.59. The lowest BCUT2D eigenvalue weighted by atomic mass is 9.85. The summed E-state index contributed by atoms with van der Waals surface area (Å²) >= 11 is 3.33. The summed E-state index contributed by atoms with van der Waals surface area (Å²) in [6, 6.07) is 7.15. The van der Waals surface area contributed by atoms with E-state index in [1.54, 1.807) is 12.1 Å². The van der Waals surface area contributed by atoms with Crippen LogP contribution >= 0.6 is 15.9 Å². The van der Waals surface area contributed by atoms with Crippen LogP contribution in [0.3, 0.4) is 0 Å². The van der Waals surface area contributed by atoms with Gasteiger partial charge in [-0.1, -0.05) is 28.1 Å². The molecule has 3 aliphatic rings. The van der Waals surface area contributed by atoms with E-state index in [-0.39, 0.29) is 47.9 Å². The molecule has 1 saturated carbocycles. The van der Waals surface area contributed by atoms with Crippen molar-refractivity contribution in [1.82, 2.24) is 4.90 Å². The number of hydrogen-bond acceptors (Lipinski definition) is 3. The molecule has 2 fully saturated rings. The SMILES string of the molecule is O=C(CN1C(=O)[C@@H]2[C@H](C1=O)[C@H]1C=C[C@H]2C1)Nc1ccc(Br)cc1. The summed E-state index contributed by atoms with van der Waals surface area (Å²) in [4.78, 5) is 38.3. The van der Waals surface area contributed by atoms with Crippen molar-refractivity contribution in [3.05, 3.63) is 40.9 Å². The molecule has 3 amide bonds. The first kappa shape index (κ1) is 14.6. The second-order valence-electron chi connectivity index (χ2n) is 6.32. The predicted octanol–water partition coefficient (Wildman–Crippen LogP) is 2.19. The maximum atomic E-state index is 12.5. The summed E-state index contributed by atoms with van der Waals surface area (Å²) in [5, 5.41) is 2.72. The number of nitrogens with one attached hydrogen (secondary N) is 1. The molecule has 0 spiro atoms. The number of imide groups is 1. The summed E-state index contributed by atoms with van der Waals surface area (Å²) in [6.07, 6.45) is 4.98. The van der Waals surface area contributed by atoms with Crippen LogP contribution in [0, 0.1) is 23.7 Å². The molecule has 2 aliphatic carbocycles. The number of nitrogens with zero attached hydrogens (tertiary/aromatic N) is 1. The lowest BCUT2D eigenvalue weighted by Crippen LogP contribution is -2.39. The van der Waals surface area contributed by atoms with E-state index in [0.717, 1.165) is 15.8 Å². The van der Waals surface area contributed by atoms with Crippen LogP contribution in [0.4, 0.5) is 5.69 Å². The highest BCUT2D eigenvalue weighted by Crippen LogP contribution is 2.52. The second-order valence-corrected chi connectivity index (χ2v) is 7.23. The molecule has 0 radical (unpaired) electrons. The normalized spacial score (nSPS) is 30.9. The largest absolute Gasteiger partial charge is 0.325 e. The van der Waals surface area contributed by atoms with Gasteiger partial charge in [-0.2, -0.15) is 0 Å². The maximum absolute atomic E-state index is 12.5. The van der Waals surface area contributed by atoms with Crippen LogP contribution in [0.1, 0.15) is 6.42 Å². The Labute approximate surface area is 141 Å². The molecular weight excluding hydrogens is 360 g/mol. The number of fused-ring (bicyclic) bond motifs is 5. The zero-order valence-electron chi connectivity index (χ0n) is 12.2. The lowest BCUT2D eigenvalue weighted by Gasteiger charge is -2.16. The first-order valence-electron chi connectivity index (χ1n) is 7.63. The maximum Gasteiger partial charge on any atom is 0.244 e. The van der Waals surface area contributed by atoms with Gasteiger partial charge in [0.15, 0.2) is 0 Å². The average Bonchev–Trinajstić information content (AvgIpc) is 3.19. The lowest BCUT2D eigenvalue weighted by molar-refractivity contribution is -0.143. The van der Waals surface area contributed by atoms with Crippen molar-refractivity contribution >= 4 is 39.3 Å². The Hall–Kier alpha value is -1.95. The van der Waals surface area contributed by atoms with E-state index >= 15 is 0 Å². The Morgan fingerprint density at radius 3 is 2.22 bits per heavy atom. The Morgan fingerprint density at radius 2 is 1.65 bits per heavy atom. The molecule has 6 heteroatoms. The van der Waals surface area contributed by atoms with Crippen LogP contribution < -0.4 is 5.32 Å². The first-order chi connectivity index (χ1) is 11.0. The molecule has 118 valence electrons. The minimum Gasteiger partial charge on any atom is -0.325 e. The molecule has 1 N–H and O–H groups in total. The van der Waals surface area contributed by atoms with Crippen LogP contribution in [0.15, 0.2) is 40.9 Å². The highest BCUT2D eigenvalue weighted by atomic mass is 79.9. The predicted molar refractivity (Wildman–Crippen MR) is 87.2 cm³/mol. The molecule has 0 aromatic heterocycles. The van der Waals surface area contributed by atoms with E-state index in [4.69, 9.17) is 0 Å². The van der Waals surface area contributed by atoms with Gasteiger partial charge < -0.3 is 5.32 Å². The van der Waals surface area contributed by atoms with Crippen LogP contribution in [0.25, 0.3) is 0 Å². The number of likely N-dealkylation sites (tertiary alicyclic amines) is 1. The van der Waals surface area contributed by atoms with Crippen molar-refractivity contribution < 1.29 is 14.4 Å². The molecule has 0 unspecified atom stereocenters. The quantitative estimate of drug-likeness (QED) is 0.651. The average molecular weight is 375 g/mol. The molecule has 2 bridgehead atoms. The van der Waals surface area contributed by atoms with E-state index < -0.39 is 0 Å². The number of carbonyl (C=O) groups excluding carboxylic acids is 3. The molecule has 1 saturated heterocycles. The molecule has 1 aromatic rings. The topological polar surface area (TPSA) is 66.5 Å². The van der Waals surface area contributed by atoms with Gasteiger partial charge in [0, 0.05) is 10.2 Å². The van der Waals surface area contributed by atoms with Crippen molar-refractivity contribution in [3.8, 4) is 0 Å². The number of hydrogen-bond donors (Lipinski definition) is 1. The van der Waals surface area contributed by atoms with Crippen LogP contribution in [0.5, 0.6) is 0 Å². The Kier molecular flexibility index (Phi) is 3.37. The van der Waals surface area contributed by atoms with Crippen molar-refractivity contribution in [1.29, 1.82) is 0 Å². The highest BCUT2D eigenvalue weighted by molar-refractivity contribution is 9.10. The van der Waals surface area contributed by atoms with Gasteiger partial charge in [0.25, 0.3) is 0 Å². The van der Waals surface area contributed by atoms with Crippen molar-refractivity contribution in [2.75, 3.05) is 11.9 Å². The number of rotatable bonds is 3. The summed E-state index contributed by atoms with van der Waals surface area (Å²) in [5.74, 6) is -0.905. The van der Waals surface area contributed by atoms with Crippen LogP contribution in [-0.2, 0) is 14.4 Å². The summed E-state index contributed by atoms with van der Waals surface area (Å²) in [5.41, 5.74) is 0.638. The van der Waals surface area contributed by atoms with Crippen molar-refractivity contribution in [2.24, 2.45) is 23.7 Å². The Balaban J connectivity index is 1.45. The summed E-state index contributed by atoms with van der Waals surface area (Å²) in [7, 11) is 0. The zero-order chi connectivity index (χ0) is 16.1. The van der Waals surface area contributed by atoms with Gasteiger partial charge in [0.05, 0.1) is 11.8 Å². The van der Waals surface area contributed by atoms with Crippen LogP contribution in [0.2, 0.25) is 0 Å².